The van der Waals surface area contributed by atoms with Crippen molar-refractivity contribution in [1.29, 1.82) is 0 Å². The van der Waals surface area contributed by atoms with E-state index in [0.29, 0.717) is 24.5 Å². The molecule has 0 saturated carbocycles. The first kappa shape index (κ1) is 41.6. The van der Waals surface area contributed by atoms with Gasteiger partial charge in [0, 0.05) is 49.1 Å². The van der Waals surface area contributed by atoms with Gasteiger partial charge in [0.05, 0.1) is 31.5 Å². The van der Waals surface area contributed by atoms with Crippen LogP contribution in [0.5, 0.6) is 28.9 Å². The van der Waals surface area contributed by atoms with Gasteiger partial charge in [-0.2, -0.15) is 0 Å². The standard InChI is InChI=1S/C22H27NO8.C17H19NO5/c1-2-13-5-3-12(10-23-13)4-8-16(25)15-7-6-14(9-17(15)26)30-22-21(29)20(28)19(27)18(11-24)31-22;1-22-17-7-3-12(11-18-17)2-6-15(20)14-5-4-13(10-16(14)21)23-9-8-19/h3,5-7,9-10,18-22,24,26-29H,2,4,8,11H2,1H3;3-5,7,10-11,19,21H,2,6,8-9H2,1H3/t18-,19-,20+,21-,22?;/m1./s1. The lowest BCUT2D eigenvalue weighted by atomic mass is 9.99. The Morgan fingerprint density at radius 3 is 1.85 bits per heavy atom. The molecule has 0 amide bonds. The quantitative estimate of drug-likeness (QED) is 0.0814. The van der Waals surface area contributed by atoms with E-state index in [0.717, 1.165) is 23.2 Å². The summed E-state index contributed by atoms with van der Waals surface area (Å²) in [6.45, 7) is 1.45. The molecular formula is C39H46N2O13. The largest absolute Gasteiger partial charge is 0.507 e. The molecule has 4 aromatic rings. The molecular weight excluding hydrogens is 704 g/mol. The zero-order valence-corrected chi connectivity index (χ0v) is 29.9. The van der Waals surface area contributed by atoms with E-state index in [1.54, 1.807) is 31.6 Å². The first-order valence-corrected chi connectivity index (χ1v) is 17.3. The van der Waals surface area contributed by atoms with Gasteiger partial charge in [-0.25, -0.2) is 4.98 Å². The van der Waals surface area contributed by atoms with Crippen LogP contribution in [0.15, 0.2) is 73.1 Å². The van der Waals surface area contributed by atoms with Crippen LogP contribution in [0.3, 0.4) is 0 Å². The van der Waals surface area contributed by atoms with Gasteiger partial charge in [0.2, 0.25) is 12.2 Å². The van der Waals surface area contributed by atoms with Gasteiger partial charge in [0.15, 0.2) is 11.6 Å². The number of ether oxygens (including phenoxy) is 4. The molecule has 1 fully saturated rings. The van der Waals surface area contributed by atoms with Gasteiger partial charge in [0.1, 0.15) is 54.0 Å². The highest BCUT2D eigenvalue weighted by atomic mass is 16.7. The maximum absolute atomic E-state index is 12.5. The van der Waals surface area contributed by atoms with Gasteiger partial charge in [-0.1, -0.05) is 19.1 Å². The van der Waals surface area contributed by atoms with Crippen molar-refractivity contribution in [3.63, 3.8) is 0 Å². The van der Waals surface area contributed by atoms with Gasteiger partial charge >= 0.3 is 0 Å². The molecule has 0 aliphatic carbocycles. The van der Waals surface area contributed by atoms with Crippen LogP contribution in [0.25, 0.3) is 0 Å². The minimum absolute atomic E-state index is 0.0812. The number of phenols is 2. The molecule has 15 nitrogen and oxygen atoms in total. The van der Waals surface area contributed by atoms with Crippen molar-refractivity contribution in [2.24, 2.45) is 0 Å². The Labute approximate surface area is 312 Å². The molecule has 1 aliphatic rings. The number of benzene rings is 2. The number of aliphatic hydroxyl groups is 5. The highest BCUT2D eigenvalue weighted by Crippen LogP contribution is 2.29. The van der Waals surface area contributed by atoms with Crippen LogP contribution in [0.2, 0.25) is 0 Å². The van der Waals surface area contributed by atoms with Gasteiger partial charge in [0.25, 0.3) is 0 Å². The van der Waals surface area contributed by atoms with Crippen LogP contribution in [-0.2, 0) is 24.0 Å². The maximum Gasteiger partial charge on any atom is 0.229 e. The fourth-order valence-corrected chi connectivity index (χ4v) is 5.40. The third kappa shape index (κ3) is 11.4. The summed E-state index contributed by atoms with van der Waals surface area (Å²) in [5.41, 5.74) is 3.19. The van der Waals surface area contributed by atoms with Crippen LogP contribution < -0.4 is 14.2 Å². The van der Waals surface area contributed by atoms with E-state index in [-0.39, 0.29) is 66.0 Å². The number of Topliss-reactive ketones (excluding diaryl/α,β-unsaturated/α-hetero) is 2. The van der Waals surface area contributed by atoms with Gasteiger partial charge < -0.3 is 54.7 Å². The molecule has 54 heavy (non-hydrogen) atoms. The summed E-state index contributed by atoms with van der Waals surface area (Å²) in [5, 5.41) is 67.8. The summed E-state index contributed by atoms with van der Waals surface area (Å²) in [7, 11) is 1.54. The molecule has 1 aliphatic heterocycles. The number of aromatic nitrogens is 2. The highest BCUT2D eigenvalue weighted by molar-refractivity contribution is 5.99. The van der Waals surface area contributed by atoms with Crippen LogP contribution in [0, 0.1) is 0 Å². The van der Waals surface area contributed by atoms with E-state index < -0.39 is 37.3 Å². The minimum atomic E-state index is -1.58. The summed E-state index contributed by atoms with van der Waals surface area (Å²) in [5.74, 6) is 0.176. The Morgan fingerprint density at radius 2 is 1.35 bits per heavy atom. The van der Waals surface area contributed by atoms with Crippen molar-refractivity contribution in [2.75, 3.05) is 26.9 Å². The Balaban J connectivity index is 0.000000252. The molecule has 0 spiro atoms. The van der Waals surface area contributed by atoms with Gasteiger partial charge in [-0.3, -0.25) is 14.6 Å². The SMILES string of the molecule is CCc1ccc(CCC(=O)c2ccc(OC3O[C@H](CO)[C@@H](O)[C@H](O)[C@H]3O)cc2O)cn1.COc1ccc(CCC(=O)c2ccc(OCCO)cc2O)cn1. The summed E-state index contributed by atoms with van der Waals surface area (Å²) in [6.07, 6.45) is -1.44. The predicted molar refractivity (Wildman–Crippen MR) is 193 cm³/mol. The number of carbonyl (C=O) groups is 2. The number of rotatable bonds is 16. The van der Waals surface area contributed by atoms with Crippen LogP contribution >= 0.6 is 0 Å². The molecule has 290 valence electrons. The summed E-state index contributed by atoms with van der Waals surface area (Å²) < 4.78 is 20.9. The van der Waals surface area contributed by atoms with Crippen LogP contribution in [0.4, 0.5) is 0 Å². The van der Waals surface area contributed by atoms with Crippen LogP contribution in [-0.4, -0.2) is 115 Å². The van der Waals surface area contributed by atoms with Crippen LogP contribution in [0.1, 0.15) is 57.3 Å². The van der Waals surface area contributed by atoms with E-state index in [2.05, 4.69) is 9.97 Å². The number of aromatic hydroxyl groups is 2. The van der Waals surface area contributed by atoms with Crippen molar-refractivity contribution in [2.45, 2.75) is 69.7 Å². The Morgan fingerprint density at radius 1 is 0.759 bits per heavy atom. The molecule has 1 saturated heterocycles. The van der Waals surface area contributed by atoms with E-state index in [9.17, 15) is 40.2 Å². The number of phenolic OH excluding ortho intramolecular Hbond substituents is 2. The molecule has 2 aromatic heterocycles. The number of aliphatic hydroxyl groups excluding tert-OH is 5. The van der Waals surface area contributed by atoms with E-state index in [1.165, 1.54) is 30.3 Å². The monoisotopic (exact) mass is 750 g/mol. The van der Waals surface area contributed by atoms with Crippen molar-refractivity contribution in [1.82, 2.24) is 9.97 Å². The average Bonchev–Trinajstić information content (AvgIpc) is 3.19. The van der Waals surface area contributed by atoms with Gasteiger partial charge in [-0.05, 0) is 60.7 Å². The van der Waals surface area contributed by atoms with Crippen molar-refractivity contribution in [3.8, 4) is 28.9 Å². The zero-order chi connectivity index (χ0) is 39.2. The van der Waals surface area contributed by atoms with Gasteiger partial charge in [-0.15, -0.1) is 0 Å². The lowest BCUT2D eigenvalue weighted by Gasteiger charge is -2.39. The van der Waals surface area contributed by atoms with Crippen molar-refractivity contribution in [3.05, 3.63) is 101 Å². The molecule has 5 atom stereocenters. The maximum atomic E-state index is 12.5. The predicted octanol–water partition coefficient (Wildman–Crippen LogP) is 2.33. The Kier molecular flexibility index (Phi) is 15.7. The molecule has 7 N–H and O–H groups in total. The number of pyridine rings is 2. The summed E-state index contributed by atoms with van der Waals surface area (Å²) in [6, 6.07) is 16.0. The average molecular weight is 751 g/mol. The number of hydrogen-bond donors (Lipinski definition) is 7. The number of aryl methyl sites for hydroxylation is 3. The lowest BCUT2D eigenvalue weighted by molar-refractivity contribution is -0.277. The minimum Gasteiger partial charge on any atom is -0.507 e. The summed E-state index contributed by atoms with van der Waals surface area (Å²) >= 11 is 0. The molecule has 1 unspecified atom stereocenters. The zero-order valence-electron chi connectivity index (χ0n) is 29.9. The number of ketones is 2. The molecule has 3 heterocycles. The fraction of sp³-hybridized carbons (Fsp3) is 0.385. The second-order valence-electron chi connectivity index (χ2n) is 12.3. The number of nitrogens with zero attached hydrogens (tertiary/aromatic N) is 2. The highest BCUT2D eigenvalue weighted by Gasteiger charge is 2.44. The Hall–Kier alpha value is -5.16. The first-order chi connectivity index (χ1) is 26.0. The smallest absolute Gasteiger partial charge is 0.229 e. The second-order valence-corrected chi connectivity index (χ2v) is 12.3. The molecule has 0 radical (unpaired) electrons. The summed E-state index contributed by atoms with van der Waals surface area (Å²) in [4.78, 5) is 33.1. The van der Waals surface area contributed by atoms with E-state index >= 15 is 0 Å². The Bertz CT molecular complexity index is 1800. The first-order valence-electron chi connectivity index (χ1n) is 17.3. The lowest BCUT2D eigenvalue weighted by Crippen LogP contribution is -2.60. The van der Waals surface area contributed by atoms with E-state index in [1.807, 2.05) is 25.1 Å². The molecule has 15 heteroatoms. The van der Waals surface area contributed by atoms with Crippen molar-refractivity contribution >= 4 is 11.6 Å². The van der Waals surface area contributed by atoms with E-state index in [4.69, 9.17) is 24.1 Å². The molecule has 5 rings (SSSR count). The fourth-order valence-electron chi connectivity index (χ4n) is 5.40. The third-order valence-electron chi connectivity index (χ3n) is 8.54. The number of carbonyl (C=O) groups excluding carboxylic acids is 2. The third-order valence-corrected chi connectivity index (χ3v) is 8.54. The number of methoxy groups -OCH3 is 1. The number of hydrogen-bond acceptors (Lipinski definition) is 15. The second kappa shape index (κ2) is 20.3. The molecule has 0 bridgehead atoms. The normalized spacial score (nSPS) is 19.3. The topological polar surface area (TPSA) is 238 Å². The molecule has 2 aromatic carbocycles. The van der Waals surface area contributed by atoms with Crippen molar-refractivity contribution < 1.29 is 64.3 Å².